The lowest BCUT2D eigenvalue weighted by Crippen LogP contribution is -2.41. The van der Waals surface area contributed by atoms with Crippen LogP contribution in [0.3, 0.4) is 0 Å². The van der Waals surface area contributed by atoms with Gasteiger partial charge < -0.3 is 24.8 Å². The number of hydrogen-bond acceptors (Lipinski definition) is 4. The molecule has 2 aromatic rings. The van der Waals surface area contributed by atoms with E-state index in [1.165, 1.54) is 12.1 Å². The number of urea groups is 1. The summed E-state index contributed by atoms with van der Waals surface area (Å²) in [6.45, 7) is 0. The zero-order chi connectivity index (χ0) is 21.6. The second-order valence-corrected chi connectivity index (χ2v) is 6.94. The molecule has 0 heterocycles. The van der Waals surface area contributed by atoms with Crippen molar-refractivity contribution in [1.29, 1.82) is 0 Å². The number of hydrogen-bond donors (Lipinski definition) is 2. The highest BCUT2D eigenvalue weighted by Gasteiger charge is 2.31. The van der Waals surface area contributed by atoms with Crippen molar-refractivity contribution in [2.45, 2.75) is 44.2 Å². The second-order valence-electron chi connectivity index (χ2n) is 6.94. The number of nitrogens with one attached hydrogen (secondary N) is 2. The van der Waals surface area contributed by atoms with Gasteiger partial charge in [0.2, 0.25) is 0 Å². The molecule has 0 saturated heterocycles. The molecule has 2 aromatic carbocycles. The summed E-state index contributed by atoms with van der Waals surface area (Å²) in [5.41, 5.74) is 0.374. The smallest absolute Gasteiger partial charge is 0.497 e. The van der Waals surface area contributed by atoms with Crippen LogP contribution in [-0.4, -0.2) is 31.6 Å². The second kappa shape index (κ2) is 9.60. The van der Waals surface area contributed by atoms with Gasteiger partial charge in [0.1, 0.15) is 17.2 Å². The van der Waals surface area contributed by atoms with Gasteiger partial charge in [-0.15, -0.1) is 13.2 Å². The molecule has 0 spiro atoms. The van der Waals surface area contributed by atoms with Crippen LogP contribution in [0.4, 0.5) is 23.7 Å². The van der Waals surface area contributed by atoms with Crippen molar-refractivity contribution in [2.75, 3.05) is 12.4 Å². The number of carbonyl (C=O) groups excluding carboxylic acids is 1. The minimum Gasteiger partial charge on any atom is -0.497 e. The molecule has 0 aromatic heterocycles. The van der Waals surface area contributed by atoms with Gasteiger partial charge in [0.05, 0.1) is 13.2 Å². The van der Waals surface area contributed by atoms with E-state index in [4.69, 9.17) is 9.47 Å². The number of amides is 2. The first-order chi connectivity index (χ1) is 14.3. The monoisotopic (exact) mass is 424 g/mol. The first-order valence-electron chi connectivity index (χ1n) is 9.55. The van der Waals surface area contributed by atoms with Gasteiger partial charge in [-0.25, -0.2) is 4.79 Å². The van der Waals surface area contributed by atoms with Crippen LogP contribution in [0.15, 0.2) is 48.5 Å². The fraction of sp³-hybridized carbons (Fsp3) is 0.381. The lowest BCUT2D eigenvalue weighted by molar-refractivity contribution is -0.274. The normalized spacial score (nSPS) is 18.9. The van der Waals surface area contributed by atoms with Gasteiger partial charge in [-0.3, -0.25) is 0 Å². The number of ether oxygens (including phenoxy) is 3. The average Bonchev–Trinajstić information content (AvgIpc) is 2.70. The Morgan fingerprint density at radius 2 is 1.47 bits per heavy atom. The number of halogens is 3. The third kappa shape index (κ3) is 6.75. The topological polar surface area (TPSA) is 68.8 Å². The van der Waals surface area contributed by atoms with Gasteiger partial charge in [0.15, 0.2) is 0 Å². The van der Waals surface area contributed by atoms with Crippen LogP contribution in [0.2, 0.25) is 0 Å². The maximum absolute atomic E-state index is 12.2. The summed E-state index contributed by atoms with van der Waals surface area (Å²) in [4.78, 5) is 12.2. The Labute approximate surface area is 172 Å². The van der Waals surface area contributed by atoms with E-state index in [1.807, 2.05) is 24.3 Å². The summed E-state index contributed by atoms with van der Waals surface area (Å²) in [5.74, 6) is 1.20. The standard InChI is InChI=1S/C21H23F3N2O4/c1-28-16-10-12-18(13-11-16)29-17-6-2-14(3-7-17)25-20(27)26-15-4-8-19(9-5-15)30-21(22,23)24/h4-5,8-14,17H,2-3,6-7H2,1H3,(H2,25,26,27). The molecule has 1 aliphatic carbocycles. The average molecular weight is 424 g/mol. The van der Waals surface area contributed by atoms with E-state index >= 15 is 0 Å². The molecule has 9 heteroatoms. The Kier molecular flexibility index (Phi) is 6.91. The molecule has 1 aliphatic rings. The molecule has 0 atom stereocenters. The predicted octanol–water partition coefficient (Wildman–Crippen LogP) is 5.11. The van der Waals surface area contributed by atoms with Crippen molar-refractivity contribution in [3.8, 4) is 17.2 Å². The van der Waals surface area contributed by atoms with E-state index in [1.54, 1.807) is 7.11 Å². The third-order valence-corrected chi connectivity index (χ3v) is 4.72. The van der Waals surface area contributed by atoms with Gasteiger partial charge in [-0.2, -0.15) is 0 Å². The summed E-state index contributed by atoms with van der Waals surface area (Å²) in [7, 11) is 1.61. The molecular weight excluding hydrogens is 401 g/mol. The quantitative estimate of drug-likeness (QED) is 0.677. The molecule has 3 rings (SSSR count). The van der Waals surface area contributed by atoms with Crippen LogP contribution in [-0.2, 0) is 0 Å². The third-order valence-electron chi connectivity index (χ3n) is 4.72. The Hall–Kier alpha value is -3.10. The fourth-order valence-electron chi connectivity index (χ4n) is 3.26. The van der Waals surface area contributed by atoms with Crippen LogP contribution in [0.1, 0.15) is 25.7 Å². The Balaban J connectivity index is 1.40. The van der Waals surface area contributed by atoms with Crippen LogP contribution >= 0.6 is 0 Å². The van der Waals surface area contributed by atoms with Crippen molar-refractivity contribution in [1.82, 2.24) is 5.32 Å². The van der Waals surface area contributed by atoms with Crippen LogP contribution in [0, 0.1) is 0 Å². The minimum atomic E-state index is -4.75. The number of methoxy groups -OCH3 is 1. The molecule has 30 heavy (non-hydrogen) atoms. The van der Waals surface area contributed by atoms with E-state index in [0.717, 1.165) is 49.3 Å². The Morgan fingerprint density at radius 3 is 2.03 bits per heavy atom. The molecular formula is C21H23F3N2O4. The summed E-state index contributed by atoms with van der Waals surface area (Å²) in [5, 5.41) is 5.50. The molecule has 2 amide bonds. The van der Waals surface area contributed by atoms with Crippen molar-refractivity contribution in [3.63, 3.8) is 0 Å². The highest BCUT2D eigenvalue weighted by atomic mass is 19.4. The summed E-state index contributed by atoms with van der Waals surface area (Å²) in [6.07, 6.45) is -1.51. The van der Waals surface area contributed by atoms with Gasteiger partial charge in [0.25, 0.3) is 0 Å². The van der Waals surface area contributed by atoms with E-state index < -0.39 is 12.4 Å². The van der Waals surface area contributed by atoms with E-state index in [9.17, 15) is 18.0 Å². The Bertz CT molecular complexity index is 818. The molecule has 0 radical (unpaired) electrons. The maximum atomic E-state index is 12.2. The van der Waals surface area contributed by atoms with Crippen molar-refractivity contribution >= 4 is 11.7 Å². The fourth-order valence-corrected chi connectivity index (χ4v) is 3.26. The largest absolute Gasteiger partial charge is 0.573 e. The zero-order valence-electron chi connectivity index (χ0n) is 16.4. The van der Waals surface area contributed by atoms with Crippen LogP contribution in [0.25, 0.3) is 0 Å². The SMILES string of the molecule is COc1ccc(OC2CCC(NC(=O)Nc3ccc(OC(F)(F)F)cc3)CC2)cc1. The van der Waals surface area contributed by atoms with Gasteiger partial charge in [-0.1, -0.05) is 0 Å². The number of rotatable bonds is 6. The number of benzene rings is 2. The number of anilines is 1. The van der Waals surface area contributed by atoms with Gasteiger partial charge >= 0.3 is 12.4 Å². The lowest BCUT2D eigenvalue weighted by Gasteiger charge is -2.29. The van der Waals surface area contributed by atoms with Crippen LogP contribution < -0.4 is 24.8 Å². The first kappa shape index (κ1) is 21.6. The maximum Gasteiger partial charge on any atom is 0.573 e. The molecule has 162 valence electrons. The van der Waals surface area contributed by atoms with Gasteiger partial charge in [-0.05, 0) is 74.2 Å². The molecule has 0 aliphatic heterocycles. The van der Waals surface area contributed by atoms with Gasteiger partial charge in [0, 0.05) is 11.7 Å². The Morgan fingerprint density at radius 1 is 0.900 bits per heavy atom. The first-order valence-corrected chi connectivity index (χ1v) is 9.55. The molecule has 0 bridgehead atoms. The molecule has 6 nitrogen and oxygen atoms in total. The van der Waals surface area contributed by atoms with E-state index in [-0.39, 0.29) is 17.9 Å². The molecule has 0 unspecified atom stereocenters. The zero-order valence-corrected chi connectivity index (χ0v) is 16.4. The highest BCUT2D eigenvalue weighted by Crippen LogP contribution is 2.26. The molecule has 1 fully saturated rings. The minimum absolute atomic E-state index is 0.00792. The summed E-state index contributed by atoms with van der Waals surface area (Å²) < 4.78 is 51.4. The highest BCUT2D eigenvalue weighted by molar-refractivity contribution is 5.89. The van der Waals surface area contributed by atoms with Crippen LogP contribution in [0.5, 0.6) is 17.2 Å². The van der Waals surface area contributed by atoms with E-state index in [0.29, 0.717) is 5.69 Å². The predicted molar refractivity (Wildman–Crippen MR) is 105 cm³/mol. The lowest BCUT2D eigenvalue weighted by atomic mass is 9.93. The van der Waals surface area contributed by atoms with E-state index in [2.05, 4.69) is 15.4 Å². The van der Waals surface area contributed by atoms with Crippen molar-refractivity contribution in [2.24, 2.45) is 0 Å². The number of carbonyl (C=O) groups is 1. The summed E-state index contributed by atoms with van der Waals surface area (Å²) >= 11 is 0. The summed E-state index contributed by atoms with van der Waals surface area (Å²) in [6, 6.07) is 12.0. The number of alkyl halides is 3. The molecule has 1 saturated carbocycles. The van der Waals surface area contributed by atoms with Crippen molar-refractivity contribution in [3.05, 3.63) is 48.5 Å². The molecule has 2 N–H and O–H groups in total. The van der Waals surface area contributed by atoms with Crippen molar-refractivity contribution < 1.29 is 32.2 Å².